The summed E-state index contributed by atoms with van der Waals surface area (Å²) in [5.74, 6) is -0.996. The van der Waals surface area contributed by atoms with E-state index in [9.17, 15) is 14.4 Å². The molecule has 0 atom stereocenters. The van der Waals surface area contributed by atoms with Crippen LogP contribution in [0.3, 0.4) is 0 Å². The Hall–Kier alpha value is -1.93. The van der Waals surface area contributed by atoms with E-state index in [-0.39, 0.29) is 25.0 Å². The second kappa shape index (κ2) is 9.26. The molecule has 0 saturated heterocycles. The van der Waals surface area contributed by atoms with Gasteiger partial charge in [-0.1, -0.05) is 12.1 Å². The summed E-state index contributed by atoms with van der Waals surface area (Å²) in [6.45, 7) is 3.81. The van der Waals surface area contributed by atoms with Crippen LogP contribution in [0, 0.1) is 0 Å². The molecular formula is C15H21BrN4O3. The van der Waals surface area contributed by atoms with Crippen LogP contribution in [-0.4, -0.2) is 48.8 Å². The SMILES string of the molecule is CC(C)NC(=O)CN(C)CC(=O)NNC(=O)c1ccccc1Br. The summed E-state index contributed by atoms with van der Waals surface area (Å²) in [5.41, 5.74) is 5.07. The number of carbonyl (C=O) groups excluding carboxylic acids is 3. The van der Waals surface area contributed by atoms with Crippen LogP contribution in [0.5, 0.6) is 0 Å². The summed E-state index contributed by atoms with van der Waals surface area (Å²) in [7, 11) is 1.65. The number of nitrogens with one attached hydrogen (secondary N) is 3. The summed E-state index contributed by atoms with van der Waals surface area (Å²) >= 11 is 3.26. The molecule has 0 heterocycles. The first-order chi connectivity index (χ1) is 10.8. The van der Waals surface area contributed by atoms with Crippen molar-refractivity contribution in [2.45, 2.75) is 19.9 Å². The molecule has 1 aromatic rings. The molecule has 0 unspecified atom stereocenters. The van der Waals surface area contributed by atoms with Gasteiger partial charge in [-0.05, 0) is 49.0 Å². The third kappa shape index (κ3) is 7.25. The van der Waals surface area contributed by atoms with Gasteiger partial charge in [-0.2, -0.15) is 0 Å². The smallest absolute Gasteiger partial charge is 0.270 e. The zero-order valence-corrected chi connectivity index (χ0v) is 14.9. The van der Waals surface area contributed by atoms with Gasteiger partial charge in [0.2, 0.25) is 5.91 Å². The Morgan fingerprint density at radius 1 is 1.09 bits per heavy atom. The summed E-state index contributed by atoms with van der Waals surface area (Å²) in [5, 5.41) is 2.74. The van der Waals surface area contributed by atoms with Gasteiger partial charge < -0.3 is 5.32 Å². The summed E-state index contributed by atoms with van der Waals surface area (Å²) in [4.78, 5) is 36.8. The molecule has 0 aromatic heterocycles. The molecule has 1 aromatic carbocycles. The van der Waals surface area contributed by atoms with Gasteiger partial charge in [-0.3, -0.25) is 30.1 Å². The molecule has 0 bridgehead atoms. The zero-order valence-electron chi connectivity index (χ0n) is 13.4. The summed E-state index contributed by atoms with van der Waals surface area (Å²) in [6, 6.07) is 6.93. The van der Waals surface area contributed by atoms with E-state index in [1.54, 1.807) is 36.2 Å². The van der Waals surface area contributed by atoms with Crippen LogP contribution in [0.1, 0.15) is 24.2 Å². The van der Waals surface area contributed by atoms with Crippen LogP contribution in [0.15, 0.2) is 28.7 Å². The lowest BCUT2D eigenvalue weighted by molar-refractivity contribution is -0.125. The van der Waals surface area contributed by atoms with Crippen molar-refractivity contribution in [1.29, 1.82) is 0 Å². The molecule has 0 spiro atoms. The molecule has 126 valence electrons. The van der Waals surface area contributed by atoms with Crippen LogP contribution in [-0.2, 0) is 9.59 Å². The van der Waals surface area contributed by atoms with Crippen LogP contribution in [0.25, 0.3) is 0 Å². The first-order valence-corrected chi connectivity index (χ1v) is 7.90. The standard InChI is InChI=1S/C15H21BrN4O3/c1-10(2)17-13(21)8-20(3)9-14(22)18-19-15(23)11-6-4-5-7-12(11)16/h4-7,10H,8-9H2,1-3H3,(H,17,21)(H,18,22)(H,19,23). The van der Waals surface area contributed by atoms with Gasteiger partial charge in [0.1, 0.15) is 0 Å². The average Bonchev–Trinajstić information content (AvgIpc) is 2.44. The highest BCUT2D eigenvalue weighted by molar-refractivity contribution is 9.10. The third-order valence-corrected chi connectivity index (χ3v) is 3.40. The van der Waals surface area contributed by atoms with Crippen LogP contribution in [0.4, 0.5) is 0 Å². The molecule has 0 saturated carbocycles. The average molecular weight is 385 g/mol. The highest BCUT2D eigenvalue weighted by atomic mass is 79.9. The van der Waals surface area contributed by atoms with E-state index in [0.29, 0.717) is 10.0 Å². The molecule has 7 nitrogen and oxygen atoms in total. The van der Waals surface area contributed by atoms with E-state index < -0.39 is 11.8 Å². The van der Waals surface area contributed by atoms with E-state index in [1.807, 2.05) is 13.8 Å². The molecule has 1 rings (SSSR count). The molecule has 0 aliphatic rings. The van der Waals surface area contributed by atoms with Crippen molar-refractivity contribution >= 4 is 33.7 Å². The van der Waals surface area contributed by atoms with Crippen LogP contribution in [0.2, 0.25) is 0 Å². The Morgan fingerprint density at radius 3 is 2.30 bits per heavy atom. The molecular weight excluding hydrogens is 364 g/mol. The topological polar surface area (TPSA) is 90.5 Å². The van der Waals surface area contributed by atoms with E-state index >= 15 is 0 Å². The van der Waals surface area contributed by atoms with E-state index in [1.165, 1.54) is 0 Å². The predicted octanol–water partition coefficient (Wildman–Crippen LogP) is 0.666. The maximum absolute atomic E-state index is 11.9. The lowest BCUT2D eigenvalue weighted by Crippen LogP contribution is -2.47. The van der Waals surface area contributed by atoms with Crippen molar-refractivity contribution in [3.63, 3.8) is 0 Å². The fourth-order valence-electron chi connectivity index (χ4n) is 1.79. The molecule has 0 aliphatic carbocycles. The number of hydrogen-bond donors (Lipinski definition) is 3. The number of benzene rings is 1. The summed E-state index contributed by atoms with van der Waals surface area (Å²) in [6.07, 6.45) is 0. The third-order valence-electron chi connectivity index (χ3n) is 2.71. The number of rotatable bonds is 6. The maximum Gasteiger partial charge on any atom is 0.270 e. The van der Waals surface area contributed by atoms with Gasteiger partial charge >= 0.3 is 0 Å². The molecule has 0 aliphatic heterocycles. The quantitative estimate of drug-likeness (QED) is 0.628. The fraction of sp³-hybridized carbons (Fsp3) is 0.400. The lowest BCUT2D eigenvalue weighted by Gasteiger charge is -2.17. The molecule has 3 amide bonds. The Bertz CT molecular complexity index is 578. The highest BCUT2D eigenvalue weighted by Gasteiger charge is 2.13. The minimum atomic E-state index is -0.425. The second-order valence-corrected chi connectivity index (χ2v) is 6.23. The zero-order chi connectivity index (χ0) is 17.4. The number of carbonyl (C=O) groups is 3. The number of amides is 3. The maximum atomic E-state index is 11.9. The molecule has 23 heavy (non-hydrogen) atoms. The monoisotopic (exact) mass is 384 g/mol. The Morgan fingerprint density at radius 2 is 1.70 bits per heavy atom. The van der Waals surface area contributed by atoms with Crippen molar-refractivity contribution in [1.82, 2.24) is 21.1 Å². The van der Waals surface area contributed by atoms with Gasteiger partial charge in [0, 0.05) is 10.5 Å². The first kappa shape index (κ1) is 19.1. The van der Waals surface area contributed by atoms with Crippen LogP contribution >= 0.6 is 15.9 Å². The molecule has 0 fully saturated rings. The number of nitrogens with zero attached hydrogens (tertiary/aromatic N) is 1. The van der Waals surface area contributed by atoms with Crippen molar-refractivity contribution < 1.29 is 14.4 Å². The minimum Gasteiger partial charge on any atom is -0.353 e. The number of hydrogen-bond acceptors (Lipinski definition) is 4. The highest BCUT2D eigenvalue weighted by Crippen LogP contribution is 2.14. The summed E-state index contributed by atoms with van der Waals surface area (Å²) < 4.78 is 0.634. The molecule has 8 heteroatoms. The van der Waals surface area contributed by atoms with Gasteiger partial charge in [-0.15, -0.1) is 0 Å². The number of halogens is 1. The minimum absolute atomic E-state index is 0.0121. The van der Waals surface area contributed by atoms with E-state index in [0.717, 1.165) is 0 Å². The van der Waals surface area contributed by atoms with E-state index in [4.69, 9.17) is 0 Å². The Labute approximate surface area is 143 Å². The number of likely N-dealkylation sites (N-methyl/N-ethyl adjacent to an activating group) is 1. The number of hydrazine groups is 1. The van der Waals surface area contributed by atoms with Gasteiger partial charge in [-0.25, -0.2) is 0 Å². The molecule has 0 radical (unpaired) electrons. The van der Waals surface area contributed by atoms with Gasteiger partial charge in [0.05, 0.1) is 18.7 Å². The Kier molecular flexibility index (Phi) is 7.70. The largest absolute Gasteiger partial charge is 0.353 e. The fourth-order valence-corrected chi connectivity index (χ4v) is 2.26. The van der Waals surface area contributed by atoms with Crippen molar-refractivity contribution in [3.05, 3.63) is 34.3 Å². The first-order valence-electron chi connectivity index (χ1n) is 7.11. The van der Waals surface area contributed by atoms with Crippen molar-refractivity contribution in [2.75, 3.05) is 20.1 Å². The predicted molar refractivity (Wildman–Crippen MR) is 90.5 cm³/mol. The normalized spacial score (nSPS) is 10.5. The van der Waals surface area contributed by atoms with E-state index in [2.05, 4.69) is 32.1 Å². The van der Waals surface area contributed by atoms with Gasteiger partial charge in [0.15, 0.2) is 0 Å². The second-order valence-electron chi connectivity index (χ2n) is 5.38. The van der Waals surface area contributed by atoms with Crippen molar-refractivity contribution in [3.8, 4) is 0 Å². The lowest BCUT2D eigenvalue weighted by atomic mass is 10.2. The van der Waals surface area contributed by atoms with Crippen molar-refractivity contribution in [2.24, 2.45) is 0 Å². The molecule has 3 N–H and O–H groups in total. The Balaban J connectivity index is 2.38. The van der Waals surface area contributed by atoms with Crippen LogP contribution < -0.4 is 16.2 Å². The van der Waals surface area contributed by atoms with Gasteiger partial charge in [0.25, 0.3) is 11.8 Å².